The molecule has 0 radical (unpaired) electrons. The van der Waals surface area contributed by atoms with Gasteiger partial charge in [-0.15, -0.1) is 0 Å². The highest BCUT2D eigenvalue weighted by atomic mass is 19.1. The summed E-state index contributed by atoms with van der Waals surface area (Å²) in [4.78, 5) is 27.9. The van der Waals surface area contributed by atoms with Gasteiger partial charge in [-0.25, -0.2) is 4.39 Å². The molecule has 1 aromatic heterocycles. The van der Waals surface area contributed by atoms with Crippen LogP contribution in [-0.4, -0.2) is 28.5 Å². The second kappa shape index (κ2) is 9.64. The average Bonchev–Trinajstić information content (AvgIpc) is 3.21. The van der Waals surface area contributed by atoms with Crippen molar-refractivity contribution in [3.8, 4) is 11.4 Å². The lowest BCUT2D eigenvalue weighted by Gasteiger charge is -2.09. The molecule has 2 aromatic carbocycles. The van der Waals surface area contributed by atoms with Crippen molar-refractivity contribution in [3.63, 3.8) is 0 Å². The fourth-order valence-electron chi connectivity index (χ4n) is 2.53. The molecule has 2 amide bonds. The quantitative estimate of drug-likeness (QED) is 0.516. The number of nitrogens with one attached hydrogen (secondary N) is 3. The Labute approximate surface area is 172 Å². The van der Waals surface area contributed by atoms with E-state index in [-0.39, 0.29) is 42.8 Å². The minimum atomic E-state index is -0.403. The van der Waals surface area contributed by atoms with Crippen LogP contribution in [0.1, 0.15) is 23.4 Å². The standard InChI is InChI=1S/C21H22FN5O3/c1-13-3-7-16(8-4-13)23-12-19(29)26-25-18(28)9-10-20-24-21(27-30-20)15-6-5-14(2)17(22)11-15/h3-8,11,23H,9-10,12H2,1-2H3,(H,25,28)(H,26,29). The third-order valence-corrected chi connectivity index (χ3v) is 4.31. The van der Waals surface area contributed by atoms with Gasteiger partial charge in [-0.3, -0.25) is 20.4 Å². The Kier molecular flexibility index (Phi) is 6.74. The molecule has 156 valence electrons. The zero-order chi connectivity index (χ0) is 21.5. The molecule has 9 heteroatoms. The first-order valence-electron chi connectivity index (χ1n) is 9.38. The summed E-state index contributed by atoms with van der Waals surface area (Å²) < 4.78 is 18.8. The maximum atomic E-state index is 13.7. The van der Waals surface area contributed by atoms with Crippen LogP contribution in [0.15, 0.2) is 47.0 Å². The molecule has 0 unspecified atom stereocenters. The van der Waals surface area contributed by atoms with Crippen molar-refractivity contribution in [2.45, 2.75) is 26.7 Å². The number of hydrogen-bond donors (Lipinski definition) is 3. The Balaban J connectivity index is 1.40. The van der Waals surface area contributed by atoms with E-state index in [9.17, 15) is 14.0 Å². The van der Waals surface area contributed by atoms with Gasteiger partial charge >= 0.3 is 0 Å². The van der Waals surface area contributed by atoms with E-state index >= 15 is 0 Å². The molecular formula is C21H22FN5O3. The number of hydrazine groups is 1. The molecule has 3 N–H and O–H groups in total. The summed E-state index contributed by atoms with van der Waals surface area (Å²) in [6.45, 7) is 3.66. The topological polar surface area (TPSA) is 109 Å². The molecule has 8 nitrogen and oxygen atoms in total. The molecule has 30 heavy (non-hydrogen) atoms. The highest BCUT2D eigenvalue weighted by molar-refractivity contribution is 5.84. The first-order chi connectivity index (χ1) is 14.4. The molecule has 3 aromatic rings. The van der Waals surface area contributed by atoms with E-state index < -0.39 is 5.91 Å². The summed E-state index contributed by atoms with van der Waals surface area (Å²) in [6, 6.07) is 12.2. The van der Waals surface area contributed by atoms with Crippen LogP contribution >= 0.6 is 0 Å². The Morgan fingerprint density at radius 3 is 2.50 bits per heavy atom. The van der Waals surface area contributed by atoms with E-state index in [1.807, 2.05) is 31.2 Å². The normalized spacial score (nSPS) is 10.5. The largest absolute Gasteiger partial charge is 0.376 e. The van der Waals surface area contributed by atoms with Crippen molar-refractivity contribution in [2.75, 3.05) is 11.9 Å². The van der Waals surface area contributed by atoms with Gasteiger partial charge in [0.05, 0.1) is 6.54 Å². The maximum absolute atomic E-state index is 13.7. The molecule has 0 spiro atoms. The number of nitrogens with zero attached hydrogens (tertiary/aromatic N) is 2. The van der Waals surface area contributed by atoms with Gasteiger partial charge in [0.2, 0.25) is 17.6 Å². The predicted octanol–water partition coefficient (Wildman–Crippen LogP) is 2.68. The molecule has 0 saturated heterocycles. The number of hydrogen-bond acceptors (Lipinski definition) is 6. The van der Waals surface area contributed by atoms with Crippen molar-refractivity contribution < 1.29 is 18.5 Å². The number of aryl methyl sites for hydroxylation is 3. The number of carbonyl (C=O) groups excluding carboxylic acids is 2. The van der Waals surface area contributed by atoms with Crippen LogP contribution in [-0.2, 0) is 16.0 Å². The van der Waals surface area contributed by atoms with Gasteiger partial charge in [0.1, 0.15) is 5.82 Å². The van der Waals surface area contributed by atoms with Crippen molar-refractivity contribution >= 4 is 17.5 Å². The molecule has 0 fully saturated rings. The van der Waals surface area contributed by atoms with Crippen LogP contribution in [0.2, 0.25) is 0 Å². The predicted molar refractivity (Wildman–Crippen MR) is 109 cm³/mol. The Morgan fingerprint density at radius 1 is 1.03 bits per heavy atom. The van der Waals surface area contributed by atoms with Gasteiger partial charge < -0.3 is 9.84 Å². The summed E-state index contributed by atoms with van der Waals surface area (Å²) in [5, 5.41) is 6.76. The molecular weight excluding hydrogens is 389 g/mol. The number of halogens is 1. The molecule has 0 bridgehead atoms. The number of rotatable bonds is 7. The zero-order valence-corrected chi connectivity index (χ0v) is 16.7. The van der Waals surface area contributed by atoms with E-state index in [0.717, 1.165) is 11.3 Å². The summed E-state index contributed by atoms with van der Waals surface area (Å²) in [6.07, 6.45) is 0.222. The van der Waals surface area contributed by atoms with Crippen LogP contribution in [0.5, 0.6) is 0 Å². The minimum Gasteiger partial charge on any atom is -0.376 e. The van der Waals surface area contributed by atoms with E-state index in [4.69, 9.17) is 4.52 Å². The van der Waals surface area contributed by atoms with Gasteiger partial charge in [-0.05, 0) is 37.6 Å². The van der Waals surface area contributed by atoms with Crippen LogP contribution in [0, 0.1) is 19.7 Å². The van der Waals surface area contributed by atoms with Crippen LogP contribution in [0.3, 0.4) is 0 Å². The number of carbonyl (C=O) groups is 2. The first kappa shape index (κ1) is 21.0. The molecule has 0 aliphatic rings. The van der Waals surface area contributed by atoms with Crippen LogP contribution in [0.25, 0.3) is 11.4 Å². The molecule has 3 rings (SSSR count). The van der Waals surface area contributed by atoms with Crippen LogP contribution < -0.4 is 16.2 Å². The van der Waals surface area contributed by atoms with Crippen molar-refractivity contribution in [2.24, 2.45) is 0 Å². The lowest BCUT2D eigenvalue weighted by molar-refractivity contribution is -0.128. The van der Waals surface area contributed by atoms with Gasteiger partial charge in [-0.1, -0.05) is 35.0 Å². The third kappa shape index (κ3) is 5.87. The fourth-order valence-corrected chi connectivity index (χ4v) is 2.53. The van der Waals surface area contributed by atoms with E-state index in [1.54, 1.807) is 19.1 Å². The van der Waals surface area contributed by atoms with Gasteiger partial charge in [0, 0.05) is 24.1 Å². The number of amides is 2. The lowest BCUT2D eigenvalue weighted by atomic mass is 10.1. The summed E-state index contributed by atoms with van der Waals surface area (Å²) in [5.41, 5.74) is 7.61. The number of aromatic nitrogens is 2. The van der Waals surface area contributed by atoms with Crippen LogP contribution in [0.4, 0.5) is 10.1 Å². The second-order valence-electron chi connectivity index (χ2n) is 6.79. The Hall–Kier alpha value is -3.75. The second-order valence-corrected chi connectivity index (χ2v) is 6.79. The average molecular weight is 411 g/mol. The van der Waals surface area contributed by atoms with Gasteiger partial charge in [0.25, 0.3) is 5.91 Å². The molecule has 1 heterocycles. The molecule has 0 saturated carbocycles. The number of benzene rings is 2. The highest BCUT2D eigenvalue weighted by Crippen LogP contribution is 2.19. The zero-order valence-electron chi connectivity index (χ0n) is 16.7. The first-order valence-corrected chi connectivity index (χ1v) is 9.38. The maximum Gasteiger partial charge on any atom is 0.257 e. The van der Waals surface area contributed by atoms with Gasteiger partial charge in [0.15, 0.2) is 0 Å². The lowest BCUT2D eigenvalue weighted by Crippen LogP contribution is -2.44. The number of anilines is 1. The van der Waals surface area contributed by atoms with Crippen molar-refractivity contribution in [1.29, 1.82) is 0 Å². The van der Waals surface area contributed by atoms with Crippen molar-refractivity contribution in [1.82, 2.24) is 21.0 Å². The van der Waals surface area contributed by atoms with E-state index in [2.05, 4.69) is 26.3 Å². The minimum absolute atomic E-state index is 0.0173. The Bertz CT molecular complexity index is 1030. The highest BCUT2D eigenvalue weighted by Gasteiger charge is 2.12. The summed E-state index contributed by atoms with van der Waals surface area (Å²) >= 11 is 0. The Morgan fingerprint density at radius 2 is 1.77 bits per heavy atom. The molecule has 0 atom stereocenters. The smallest absolute Gasteiger partial charge is 0.257 e. The monoisotopic (exact) mass is 411 g/mol. The molecule has 0 aliphatic carbocycles. The van der Waals surface area contributed by atoms with Gasteiger partial charge in [-0.2, -0.15) is 4.98 Å². The van der Waals surface area contributed by atoms with E-state index in [1.165, 1.54) is 6.07 Å². The summed E-state index contributed by atoms with van der Waals surface area (Å²) in [5.74, 6) is -0.649. The van der Waals surface area contributed by atoms with E-state index in [0.29, 0.717) is 11.1 Å². The SMILES string of the molecule is Cc1ccc(NCC(=O)NNC(=O)CCc2nc(-c3ccc(C)c(F)c3)no2)cc1. The summed E-state index contributed by atoms with van der Waals surface area (Å²) in [7, 11) is 0. The third-order valence-electron chi connectivity index (χ3n) is 4.31. The van der Waals surface area contributed by atoms with Crippen molar-refractivity contribution in [3.05, 3.63) is 65.3 Å². The fraction of sp³-hybridized carbons (Fsp3) is 0.238. The molecule has 0 aliphatic heterocycles.